The quantitative estimate of drug-likeness (QED) is 0.206. The van der Waals surface area contributed by atoms with Crippen molar-refractivity contribution in [2.75, 3.05) is 39.4 Å². The molecule has 0 unspecified atom stereocenters. The molecule has 9 nitrogen and oxygen atoms in total. The van der Waals surface area contributed by atoms with Gasteiger partial charge in [0.25, 0.3) is 17.4 Å². The lowest BCUT2D eigenvalue weighted by molar-refractivity contribution is -0.385. The van der Waals surface area contributed by atoms with Crippen molar-refractivity contribution in [1.29, 1.82) is 0 Å². The lowest BCUT2D eigenvalue weighted by atomic mass is 9.94. The third kappa shape index (κ3) is 4.68. The number of benzene rings is 2. The van der Waals surface area contributed by atoms with Gasteiger partial charge >= 0.3 is 0 Å². The number of Topliss-reactive ketones (excluding diaryl/α,β-unsaturated/α-hetero) is 1. The van der Waals surface area contributed by atoms with Crippen LogP contribution in [0.2, 0.25) is 0 Å². The van der Waals surface area contributed by atoms with Gasteiger partial charge in [0.15, 0.2) is 0 Å². The summed E-state index contributed by atoms with van der Waals surface area (Å²) >= 11 is 3.33. The van der Waals surface area contributed by atoms with Crippen molar-refractivity contribution >= 4 is 39.1 Å². The van der Waals surface area contributed by atoms with Crippen LogP contribution in [-0.4, -0.2) is 70.9 Å². The number of aliphatic hydroxyl groups is 1. The van der Waals surface area contributed by atoms with E-state index in [1.165, 1.54) is 23.1 Å². The molecule has 0 radical (unpaired) electrons. The summed E-state index contributed by atoms with van der Waals surface area (Å²) in [5, 5.41) is 22.8. The lowest BCUT2D eigenvalue weighted by Gasteiger charge is -2.30. The second-order valence-electron chi connectivity index (χ2n) is 7.77. The molecule has 2 fully saturated rings. The van der Waals surface area contributed by atoms with Crippen LogP contribution in [0.3, 0.4) is 0 Å². The number of ketones is 1. The fraction of sp³-hybridized carbons (Fsp3) is 0.304. The van der Waals surface area contributed by atoms with E-state index < -0.39 is 22.7 Å². The number of para-hydroxylation sites is 1. The first-order valence-corrected chi connectivity index (χ1v) is 11.3. The standard InChI is InChI=1S/C23H22BrN3O6/c24-16-7-5-15(6-8-16)21(28)19-20(17-3-1-2-4-18(17)27(31)32)26(23(30)22(19)29)10-9-25-11-13-33-14-12-25/h1-8,20,28H,9-14H2/b21-19+/t20-/m0/s1. The minimum Gasteiger partial charge on any atom is -0.507 e. The van der Waals surface area contributed by atoms with Gasteiger partial charge in [0, 0.05) is 42.3 Å². The molecule has 0 aromatic heterocycles. The Morgan fingerprint density at radius 1 is 1.09 bits per heavy atom. The fourth-order valence-electron chi connectivity index (χ4n) is 4.16. The third-order valence-corrected chi connectivity index (χ3v) is 6.38. The largest absolute Gasteiger partial charge is 0.507 e. The molecule has 2 aliphatic heterocycles. The maximum Gasteiger partial charge on any atom is 0.295 e. The number of nitro groups is 1. The molecule has 2 heterocycles. The van der Waals surface area contributed by atoms with Crippen LogP contribution < -0.4 is 0 Å². The minimum atomic E-state index is -1.07. The highest BCUT2D eigenvalue weighted by atomic mass is 79.9. The van der Waals surface area contributed by atoms with E-state index in [-0.39, 0.29) is 29.1 Å². The zero-order chi connectivity index (χ0) is 23.5. The number of carbonyl (C=O) groups is 2. The van der Waals surface area contributed by atoms with Crippen molar-refractivity contribution in [3.63, 3.8) is 0 Å². The molecular formula is C23H22BrN3O6. The smallest absolute Gasteiger partial charge is 0.295 e. The van der Waals surface area contributed by atoms with E-state index in [4.69, 9.17) is 4.74 Å². The van der Waals surface area contributed by atoms with Crippen molar-refractivity contribution < 1.29 is 24.4 Å². The van der Waals surface area contributed by atoms with Crippen molar-refractivity contribution in [3.05, 3.63) is 79.8 Å². The molecule has 2 saturated heterocycles. The molecule has 0 aliphatic carbocycles. The average molecular weight is 516 g/mol. The summed E-state index contributed by atoms with van der Waals surface area (Å²) in [6.07, 6.45) is 0. The van der Waals surface area contributed by atoms with Gasteiger partial charge < -0.3 is 14.7 Å². The third-order valence-electron chi connectivity index (χ3n) is 5.85. The highest BCUT2D eigenvalue weighted by molar-refractivity contribution is 9.10. The van der Waals surface area contributed by atoms with E-state index in [1.54, 1.807) is 30.3 Å². The number of rotatable bonds is 6. The van der Waals surface area contributed by atoms with Crippen LogP contribution in [0, 0.1) is 10.1 Å². The SMILES string of the molecule is O=C1C(=O)N(CCN2CCOCC2)[C@@H](c2ccccc2[N+](=O)[O-])/C1=C(\O)c1ccc(Br)cc1. The molecule has 1 atom stereocenters. The van der Waals surface area contributed by atoms with Crippen LogP contribution in [0.5, 0.6) is 0 Å². The predicted octanol–water partition coefficient (Wildman–Crippen LogP) is 3.11. The molecule has 33 heavy (non-hydrogen) atoms. The van der Waals surface area contributed by atoms with E-state index in [0.29, 0.717) is 38.4 Å². The number of hydrogen-bond donors (Lipinski definition) is 1. The molecule has 0 bridgehead atoms. The predicted molar refractivity (Wildman–Crippen MR) is 124 cm³/mol. The Bertz CT molecular complexity index is 1110. The van der Waals surface area contributed by atoms with Crippen molar-refractivity contribution in [3.8, 4) is 0 Å². The van der Waals surface area contributed by atoms with E-state index in [9.17, 15) is 24.8 Å². The first-order chi connectivity index (χ1) is 15.9. The maximum absolute atomic E-state index is 13.1. The lowest BCUT2D eigenvalue weighted by Crippen LogP contribution is -2.42. The monoisotopic (exact) mass is 515 g/mol. The Balaban J connectivity index is 1.80. The van der Waals surface area contributed by atoms with Crippen molar-refractivity contribution in [2.24, 2.45) is 0 Å². The second kappa shape index (κ2) is 9.82. The van der Waals surface area contributed by atoms with Gasteiger partial charge in [-0.2, -0.15) is 0 Å². The Labute approximate surface area is 198 Å². The molecule has 1 N–H and O–H groups in total. The molecule has 1 amide bonds. The maximum atomic E-state index is 13.1. The van der Waals surface area contributed by atoms with Crippen molar-refractivity contribution in [2.45, 2.75) is 6.04 Å². The van der Waals surface area contributed by atoms with E-state index in [2.05, 4.69) is 20.8 Å². The first-order valence-electron chi connectivity index (χ1n) is 10.5. The number of carbonyl (C=O) groups excluding carboxylic acids is 2. The number of nitro benzene ring substituents is 1. The van der Waals surface area contributed by atoms with E-state index in [1.807, 2.05) is 0 Å². The van der Waals surface area contributed by atoms with Gasteiger partial charge in [-0.05, 0) is 18.2 Å². The van der Waals surface area contributed by atoms with Crippen LogP contribution in [0.25, 0.3) is 5.76 Å². The fourth-order valence-corrected chi connectivity index (χ4v) is 4.42. The van der Waals surface area contributed by atoms with Gasteiger partial charge in [0.1, 0.15) is 5.76 Å². The van der Waals surface area contributed by atoms with Gasteiger partial charge in [-0.3, -0.25) is 24.6 Å². The molecule has 0 saturated carbocycles. The van der Waals surface area contributed by atoms with Gasteiger partial charge in [0.05, 0.1) is 35.3 Å². The van der Waals surface area contributed by atoms with Gasteiger partial charge in [-0.25, -0.2) is 0 Å². The molecule has 10 heteroatoms. The van der Waals surface area contributed by atoms with Gasteiger partial charge in [-0.1, -0.05) is 40.2 Å². The van der Waals surface area contributed by atoms with E-state index in [0.717, 1.165) is 4.47 Å². The number of ether oxygens (including phenoxy) is 1. The Kier molecular flexibility index (Phi) is 6.87. The highest BCUT2D eigenvalue weighted by Crippen LogP contribution is 2.42. The molecule has 2 aromatic rings. The summed E-state index contributed by atoms with van der Waals surface area (Å²) in [5.41, 5.74) is 0.149. The summed E-state index contributed by atoms with van der Waals surface area (Å²) in [4.78, 5) is 40.8. The molecule has 172 valence electrons. The molecule has 2 aliphatic rings. The summed E-state index contributed by atoms with van der Waals surface area (Å²) in [7, 11) is 0. The molecule has 4 rings (SSSR count). The number of halogens is 1. The van der Waals surface area contributed by atoms with E-state index >= 15 is 0 Å². The number of likely N-dealkylation sites (tertiary alicyclic amines) is 1. The second-order valence-corrected chi connectivity index (χ2v) is 8.68. The molecular weight excluding hydrogens is 494 g/mol. The Morgan fingerprint density at radius 3 is 2.42 bits per heavy atom. The highest BCUT2D eigenvalue weighted by Gasteiger charge is 2.48. The Morgan fingerprint density at radius 2 is 1.76 bits per heavy atom. The van der Waals surface area contributed by atoms with Crippen LogP contribution in [-0.2, 0) is 14.3 Å². The van der Waals surface area contributed by atoms with Crippen molar-refractivity contribution in [1.82, 2.24) is 9.80 Å². The van der Waals surface area contributed by atoms with Crippen LogP contribution in [0.1, 0.15) is 17.2 Å². The number of nitrogens with zero attached hydrogens (tertiary/aromatic N) is 3. The average Bonchev–Trinajstić information content (AvgIpc) is 3.08. The number of aliphatic hydroxyl groups excluding tert-OH is 1. The zero-order valence-electron chi connectivity index (χ0n) is 17.6. The number of amides is 1. The first kappa shape index (κ1) is 23.1. The Hall–Kier alpha value is -3.08. The minimum absolute atomic E-state index is 0.154. The summed E-state index contributed by atoms with van der Waals surface area (Å²) < 4.78 is 6.13. The van der Waals surface area contributed by atoms with Gasteiger partial charge in [0.2, 0.25) is 0 Å². The summed E-state index contributed by atoms with van der Waals surface area (Å²) in [6.45, 7) is 3.20. The zero-order valence-corrected chi connectivity index (χ0v) is 19.2. The summed E-state index contributed by atoms with van der Waals surface area (Å²) in [6, 6.07) is 11.5. The van der Waals surface area contributed by atoms with Gasteiger partial charge in [-0.15, -0.1) is 0 Å². The van der Waals surface area contributed by atoms with Crippen LogP contribution in [0.15, 0.2) is 58.6 Å². The van der Waals surface area contributed by atoms with Crippen LogP contribution in [0.4, 0.5) is 5.69 Å². The topological polar surface area (TPSA) is 113 Å². The molecule has 0 spiro atoms. The number of hydrogen-bond acceptors (Lipinski definition) is 7. The summed E-state index contributed by atoms with van der Waals surface area (Å²) in [5.74, 6) is -2.01. The number of morpholine rings is 1. The normalized spacial score (nSPS) is 20.9. The van der Waals surface area contributed by atoms with Crippen LogP contribution >= 0.6 is 15.9 Å². The molecule has 2 aromatic carbocycles.